The van der Waals surface area contributed by atoms with Gasteiger partial charge in [-0.15, -0.1) is 24.0 Å². The molecule has 2 aliphatic carbocycles. The molecule has 2 N–H and O–H groups in total. The normalized spacial score (nSPS) is 21.0. The smallest absolute Gasteiger partial charge is 0.191 e. The minimum atomic E-state index is 0. The molecule has 3 aliphatic rings. The predicted molar refractivity (Wildman–Crippen MR) is 120 cm³/mol. The SMILES string of the molecule is CN=C(NCC1(c2ccc3c(c2)OCCO3)CCCC1)NC1CC=CC1.I. The second-order valence-corrected chi connectivity index (χ2v) is 7.56. The highest BCUT2D eigenvalue weighted by atomic mass is 127. The van der Waals surface area contributed by atoms with Gasteiger partial charge < -0.3 is 20.1 Å². The Kier molecular flexibility index (Phi) is 6.89. The third-order valence-corrected chi connectivity index (χ3v) is 5.88. The van der Waals surface area contributed by atoms with Crippen LogP contribution in [-0.4, -0.2) is 38.8 Å². The number of aliphatic imine (C=N–C) groups is 1. The first kappa shape index (κ1) is 20.3. The Labute approximate surface area is 179 Å². The molecule has 4 rings (SSSR count). The molecule has 1 aromatic rings. The van der Waals surface area contributed by atoms with Crippen molar-refractivity contribution < 1.29 is 9.47 Å². The first-order chi connectivity index (χ1) is 12.8. The molecule has 27 heavy (non-hydrogen) atoms. The highest BCUT2D eigenvalue weighted by Crippen LogP contribution is 2.43. The van der Waals surface area contributed by atoms with Crippen LogP contribution >= 0.6 is 24.0 Å². The Morgan fingerprint density at radius 1 is 1.11 bits per heavy atom. The molecule has 1 fully saturated rings. The summed E-state index contributed by atoms with van der Waals surface area (Å²) >= 11 is 0. The van der Waals surface area contributed by atoms with E-state index >= 15 is 0 Å². The van der Waals surface area contributed by atoms with Gasteiger partial charge in [0.15, 0.2) is 17.5 Å². The van der Waals surface area contributed by atoms with E-state index < -0.39 is 0 Å². The molecule has 0 unspecified atom stereocenters. The molecule has 1 heterocycles. The van der Waals surface area contributed by atoms with Gasteiger partial charge in [0.2, 0.25) is 0 Å². The minimum absolute atomic E-state index is 0. The van der Waals surface area contributed by atoms with Crippen molar-refractivity contribution >= 4 is 29.9 Å². The number of rotatable bonds is 4. The summed E-state index contributed by atoms with van der Waals surface area (Å²) in [5, 5.41) is 7.14. The molecule has 5 nitrogen and oxygen atoms in total. The first-order valence-corrected chi connectivity index (χ1v) is 9.81. The zero-order valence-electron chi connectivity index (χ0n) is 16.0. The predicted octanol–water partition coefficient (Wildman–Crippen LogP) is 3.77. The van der Waals surface area contributed by atoms with E-state index in [1.54, 1.807) is 0 Å². The molecule has 1 aliphatic heterocycles. The number of fused-ring (bicyclic) bond motifs is 1. The van der Waals surface area contributed by atoms with Gasteiger partial charge in [-0.3, -0.25) is 4.99 Å². The summed E-state index contributed by atoms with van der Waals surface area (Å²) in [5.41, 5.74) is 1.49. The lowest BCUT2D eigenvalue weighted by molar-refractivity contribution is 0.171. The lowest BCUT2D eigenvalue weighted by Gasteiger charge is -2.32. The first-order valence-electron chi connectivity index (χ1n) is 9.81. The van der Waals surface area contributed by atoms with E-state index in [1.165, 1.54) is 31.2 Å². The number of nitrogens with zero attached hydrogens (tertiary/aromatic N) is 1. The van der Waals surface area contributed by atoms with E-state index in [0.29, 0.717) is 19.3 Å². The Morgan fingerprint density at radius 3 is 2.52 bits per heavy atom. The van der Waals surface area contributed by atoms with Crippen LogP contribution in [0, 0.1) is 0 Å². The molecule has 1 saturated carbocycles. The Hall–Kier alpha value is -1.44. The maximum Gasteiger partial charge on any atom is 0.191 e. The summed E-state index contributed by atoms with van der Waals surface area (Å²) in [6.07, 6.45) is 11.6. The van der Waals surface area contributed by atoms with Crippen molar-refractivity contribution in [2.75, 3.05) is 26.8 Å². The van der Waals surface area contributed by atoms with Crippen molar-refractivity contribution in [2.24, 2.45) is 4.99 Å². The van der Waals surface area contributed by atoms with Crippen LogP contribution in [-0.2, 0) is 5.41 Å². The van der Waals surface area contributed by atoms with E-state index in [0.717, 1.165) is 36.8 Å². The van der Waals surface area contributed by atoms with Crippen LogP contribution in [0.4, 0.5) is 0 Å². The highest BCUT2D eigenvalue weighted by Gasteiger charge is 2.36. The second kappa shape index (κ2) is 9.17. The molecule has 0 saturated heterocycles. The maximum absolute atomic E-state index is 5.82. The van der Waals surface area contributed by atoms with Gasteiger partial charge >= 0.3 is 0 Å². The average Bonchev–Trinajstić information content (AvgIpc) is 3.37. The van der Waals surface area contributed by atoms with Crippen molar-refractivity contribution in [2.45, 2.75) is 50.0 Å². The van der Waals surface area contributed by atoms with Crippen LogP contribution < -0.4 is 20.1 Å². The summed E-state index contributed by atoms with van der Waals surface area (Å²) in [6, 6.07) is 6.95. The molecule has 0 bridgehead atoms. The quantitative estimate of drug-likeness (QED) is 0.297. The van der Waals surface area contributed by atoms with Gasteiger partial charge in [-0.1, -0.05) is 31.1 Å². The third-order valence-electron chi connectivity index (χ3n) is 5.88. The van der Waals surface area contributed by atoms with E-state index in [-0.39, 0.29) is 29.4 Å². The maximum atomic E-state index is 5.82. The topological polar surface area (TPSA) is 54.9 Å². The van der Waals surface area contributed by atoms with E-state index in [4.69, 9.17) is 9.47 Å². The summed E-state index contributed by atoms with van der Waals surface area (Å²) in [5.74, 6) is 2.66. The Morgan fingerprint density at radius 2 is 1.81 bits per heavy atom. The lowest BCUT2D eigenvalue weighted by atomic mass is 9.78. The lowest BCUT2D eigenvalue weighted by Crippen LogP contribution is -2.47. The van der Waals surface area contributed by atoms with Crippen molar-refractivity contribution in [3.05, 3.63) is 35.9 Å². The number of hydrogen-bond acceptors (Lipinski definition) is 3. The fraction of sp³-hybridized carbons (Fsp3) is 0.571. The summed E-state index contributed by atoms with van der Waals surface area (Å²) in [4.78, 5) is 4.43. The van der Waals surface area contributed by atoms with Gasteiger partial charge in [0.05, 0.1) is 0 Å². The zero-order valence-corrected chi connectivity index (χ0v) is 18.3. The van der Waals surface area contributed by atoms with Crippen LogP contribution in [0.25, 0.3) is 0 Å². The fourth-order valence-electron chi connectivity index (χ4n) is 4.37. The van der Waals surface area contributed by atoms with Crippen molar-refractivity contribution in [3.8, 4) is 11.5 Å². The molecular weight excluding hydrogens is 453 g/mol. The van der Waals surface area contributed by atoms with Crippen molar-refractivity contribution in [1.29, 1.82) is 0 Å². The van der Waals surface area contributed by atoms with E-state index in [2.05, 4.69) is 46.0 Å². The van der Waals surface area contributed by atoms with Crippen molar-refractivity contribution in [3.63, 3.8) is 0 Å². The standard InChI is InChI=1S/C21H29N3O2.HI/c1-22-20(24-17-6-2-3-7-17)23-15-21(10-4-5-11-21)16-8-9-18-19(14-16)26-13-12-25-18;/h2-3,8-9,14,17H,4-7,10-13,15H2,1H3,(H2,22,23,24);1H. The van der Waals surface area contributed by atoms with Crippen LogP contribution in [0.3, 0.4) is 0 Å². The number of hydrogen-bond donors (Lipinski definition) is 2. The average molecular weight is 483 g/mol. The second-order valence-electron chi connectivity index (χ2n) is 7.56. The number of halogens is 1. The molecule has 0 aromatic heterocycles. The van der Waals surface area contributed by atoms with Gasteiger partial charge in [0.25, 0.3) is 0 Å². The van der Waals surface area contributed by atoms with E-state index in [1.807, 2.05) is 7.05 Å². The van der Waals surface area contributed by atoms with Crippen LogP contribution in [0.15, 0.2) is 35.3 Å². The minimum Gasteiger partial charge on any atom is -0.486 e. The van der Waals surface area contributed by atoms with Crippen LogP contribution in [0.2, 0.25) is 0 Å². The molecule has 0 atom stereocenters. The molecule has 0 spiro atoms. The van der Waals surface area contributed by atoms with Crippen LogP contribution in [0.1, 0.15) is 44.1 Å². The summed E-state index contributed by atoms with van der Waals surface area (Å²) < 4.78 is 11.5. The summed E-state index contributed by atoms with van der Waals surface area (Å²) in [6.45, 7) is 2.16. The zero-order chi connectivity index (χ0) is 17.8. The van der Waals surface area contributed by atoms with Crippen molar-refractivity contribution in [1.82, 2.24) is 10.6 Å². The van der Waals surface area contributed by atoms with Gasteiger partial charge in [-0.2, -0.15) is 0 Å². The monoisotopic (exact) mass is 483 g/mol. The molecule has 0 amide bonds. The number of nitrogens with one attached hydrogen (secondary N) is 2. The molecular formula is C21H30IN3O2. The summed E-state index contributed by atoms with van der Waals surface area (Å²) in [7, 11) is 1.85. The van der Waals surface area contributed by atoms with Gasteiger partial charge in [-0.25, -0.2) is 0 Å². The van der Waals surface area contributed by atoms with Gasteiger partial charge in [-0.05, 0) is 43.4 Å². The molecule has 1 aromatic carbocycles. The molecule has 6 heteroatoms. The number of ether oxygens (including phenoxy) is 2. The third kappa shape index (κ3) is 4.52. The molecule has 148 valence electrons. The Balaban J connectivity index is 0.00000210. The van der Waals surface area contributed by atoms with E-state index in [9.17, 15) is 0 Å². The number of guanidine groups is 1. The molecule has 0 radical (unpaired) electrons. The largest absolute Gasteiger partial charge is 0.486 e. The van der Waals surface area contributed by atoms with Gasteiger partial charge in [0.1, 0.15) is 13.2 Å². The highest BCUT2D eigenvalue weighted by molar-refractivity contribution is 14.0. The fourth-order valence-corrected chi connectivity index (χ4v) is 4.37. The Bertz CT molecular complexity index is 691. The number of benzene rings is 1. The van der Waals surface area contributed by atoms with Crippen LogP contribution in [0.5, 0.6) is 11.5 Å². The van der Waals surface area contributed by atoms with Gasteiger partial charge in [0, 0.05) is 25.0 Å².